The molecule has 1 aliphatic carbocycles. The second-order valence-electron chi connectivity index (χ2n) is 6.01. The number of hydrogen-bond acceptors (Lipinski definition) is 7. The number of carbonyl (C=O) groups excluding carboxylic acids is 1. The first-order chi connectivity index (χ1) is 12.9. The lowest BCUT2D eigenvalue weighted by atomic mass is 10.2. The standard InChI is InChI=1S/C15H12Cl2N6O3S/c16-6-3-8(17)12-20-21-15(22(12)4-6)27-5-9(24)10-11(18)23(7-1-2-7)14(26)19-13(10)25/h3-4,7H,1-2,5,18H2,(H,19,25,26). The smallest absolute Gasteiger partial charge is 0.330 e. The van der Waals surface area contributed by atoms with Crippen molar-refractivity contribution in [3.8, 4) is 0 Å². The number of aromatic amines is 1. The van der Waals surface area contributed by atoms with E-state index < -0.39 is 17.0 Å². The molecule has 0 bridgehead atoms. The van der Waals surface area contributed by atoms with Crippen molar-refractivity contribution in [1.82, 2.24) is 24.1 Å². The number of nitrogens with two attached hydrogens (primary N) is 1. The van der Waals surface area contributed by atoms with E-state index >= 15 is 0 Å². The maximum absolute atomic E-state index is 12.6. The van der Waals surface area contributed by atoms with Gasteiger partial charge in [-0.15, -0.1) is 10.2 Å². The Hall–Kier alpha value is -2.30. The number of nitrogen functional groups attached to an aromatic ring is 1. The van der Waals surface area contributed by atoms with Gasteiger partial charge in [0.25, 0.3) is 5.56 Å². The maximum Gasteiger partial charge on any atom is 0.330 e. The number of Topliss-reactive ketones (excluding diaryl/α,β-unsaturated/α-hetero) is 1. The van der Waals surface area contributed by atoms with Crippen LogP contribution in [0, 0.1) is 0 Å². The third-order valence-electron chi connectivity index (χ3n) is 4.10. The van der Waals surface area contributed by atoms with Gasteiger partial charge in [0, 0.05) is 12.2 Å². The fraction of sp³-hybridized carbons (Fsp3) is 0.267. The Morgan fingerprint density at radius 1 is 1.33 bits per heavy atom. The van der Waals surface area contributed by atoms with Crippen molar-refractivity contribution in [3.05, 3.63) is 48.7 Å². The highest BCUT2D eigenvalue weighted by molar-refractivity contribution is 7.99. The van der Waals surface area contributed by atoms with E-state index in [1.54, 1.807) is 10.6 Å². The topological polar surface area (TPSA) is 128 Å². The molecule has 3 aromatic heterocycles. The summed E-state index contributed by atoms with van der Waals surface area (Å²) in [6.45, 7) is 0. The summed E-state index contributed by atoms with van der Waals surface area (Å²) in [5.41, 5.74) is 4.73. The van der Waals surface area contributed by atoms with Crippen molar-refractivity contribution in [1.29, 1.82) is 0 Å². The summed E-state index contributed by atoms with van der Waals surface area (Å²) >= 11 is 13.1. The predicted molar refractivity (Wildman–Crippen MR) is 102 cm³/mol. The van der Waals surface area contributed by atoms with Crippen LogP contribution in [-0.4, -0.2) is 35.7 Å². The van der Waals surface area contributed by atoms with Crippen molar-refractivity contribution < 1.29 is 4.79 Å². The van der Waals surface area contributed by atoms with Gasteiger partial charge in [-0.25, -0.2) is 4.79 Å². The molecule has 0 unspecified atom stereocenters. The normalized spacial score (nSPS) is 14.0. The summed E-state index contributed by atoms with van der Waals surface area (Å²) in [4.78, 5) is 38.8. The first-order valence-electron chi connectivity index (χ1n) is 7.87. The zero-order chi connectivity index (χ0) is 19.3. The van der Waals surface area contributed by atoms with Crippen LogP contribution in [0.2, 0.25) is 10.0 Å². The van der Waals surface area contributed by atoms with Crippen LogP contribution in [0.3, 0.4) is 0 Å². The first-order valence-corrected chi connectivity index (χ1v) is 9.61. The van der Waals surface area contributed by atoms with Gasteiger partial charge in [-0.3, -0.25) is 23.5 Å². The number of anilines is 1. The quantitative estimate of drug-likeness (QED) is 0.469. The van der Waals surface area contributed by atoms with Gasteiger partial charge in [0.2, 0.25) is 0 Å². The van der Waals surface area contributed by atoms with E-state index in [1.165, 1.54) is 10.6 Å². The lowest BCUT2D eigenvalue weighted by Gasteiger charge is -2.10. The summed E-state index contributed by atoms with van der Waals surface area (Å²) in [5.74, 6) is -0.742. The summed E-state index contributed by atoms with van der Waals surface area (Å²) in [6.07, 6.45) is 3.14. The molecule has 1 aliphatic rings. The van der Waals surface area contributed by atoms with Gasteiger partial charge in [-0.05, 0) is 18.9 Å². The minimum atomic E-state index is -0.794. The van der Waals surface area contributed by atoms with Gasteiger partial charge >= 0.3 is 5.69 Å². The molecule has 0 saturated heterocycles. The highest BCUT2D eigenvalue weighted by atomic mass is 35.5. The molecule has 9 nitrogen and oxygen atoms in total. The fourth-order valence-electron chi connectivity index (χ4n) is 2.73. The summed E-state index contributed by atoms with van der Waals surface area (Å²) in [6, 6.07) is 1.46. The molecule has 27 heavy (non-hydrogen) atoms. The van der Waals surface area contributed by atoms with Gasteiger partial charge in [0.15, 0.2) is 16.6 Å². The molecule has 1 fully saturated rings. The van der Waals surface area contributed by atoms with Crippen molar-refractivity contribution >= 4 is 52.2 Å². The van der Waals surface area contributed by atoms with Crippen LogP contribution < -0.4 is 17.0 Å². The van der Waals surface area contributed by atoms with Crippen molar-refractivity contribution in [2.24, 2.45) is 0 Å². The Balaban J connectivity index is 1.64. The van der Waals surface area contributed by atoms with Gasteiger partial charge in [0.1, 0.15) is 11.4 Å². The number of pyridine rings is 1. The van der Waals surface area contributed by atoms with Crippen LogP contribution in [0.1, 0.15) is 29.2 Å². The largest absolute Gasteiger partial charge is 0.384 e. The third-order valence-corrected chi connectivity index (χ3v) is 5.53. The van der Waals surface area contributed by atoms with E-state index in [9.17, 15) is 14.4 Å². The summed E-state index contributed by atoms with van der Waals surface area (Å²) < 4.78 is 2.83. The zero-order valence-corrected chi connectivity index (χ0v) is 15.9. The van der Waals surface area contributed by atoms with Gasteiger partial charge < -0.3 is 5.73 Å². The maximum atomic E-state index is 12.6. The molecule has 0 amide bonds. The molecule has 0 atom stereocenters. The Morgan fingerprint density at radius 3 is 2.78 bits per heavy atom. The zero-order valence-electron chi connectivity index (χ0n) is 13.6. The van der Waals surface area contributed by atoms with Crippen LogP contribution >= 0.6 is 35.0 Å². The molecule has 3 N–H and O–H groups in total. The molecular formula is C15H12Cl2N6O3S. The lowest BCUT2D eigenvalue weighted by Crippen LogP contribution is -2.36. The molecule has 12 heteroatoms. The molecule has 3 aromatic rings. The summed E-state index contributed by atoms with van der Waals surface area (Å²) in [7, 11) is 0. The van der Waals surface area contributed by atoms with Crippen LogP contribution in [0.5, 0.6) is 0 Å². The minimum Gasteiger partial charge on any atom is -0.384 e. The number of H-pyrrole nitrogens is 1. The van der Waals surface area contributed by atoms with Crippen LogP contribution in [0.15, 0.2) is 27.0 Å². The molecule has 0 radical (unpaired) electrons. The van der Waals surface area contributed by atoms with Crippen LogP contribution in [-0.2, 0) is 0 Å². The number of fused-ring (bicyclic) bond motifs is 1. The molecule has 4 rings (SSSR count). The second-order valence-corrected chi connectivity index (χ2v) is 7.80. The Kier molecular flexibility index (Phi) is 4.49. The van der Waals surface area contributed by atoms with Crippen LogP contribution in [0.25, 0.3) is 5.65 Å². The minimum absolute atomic E-state index is 0.0710. The molecule has 0 aromatic carbocycles. The molecule has 1 saturated carbocycles. The molecule has 0 aliphatic heterocycles. The fourth-order valence-corrected chi connectivity index (χ4v) is 4.02. The van der Waals surface area contributed by atoms with E-state index in [-0.39, 0.29) is 23.2 Å². The second kappa shape index (κ2) is 6.70. The Bertz CT molecular complexity index is 1200. The van der Waals surface area contributed by atoms with E-state index in [0.29, 0.717) is 20.8 Å². The predicted octanol–water partition coefficient (Wildman–Crippen LogP) is 1.78. The summed E-state index contributed by atoms with van der Waals surface area (Å²) in [5, 5.41) is 9.03. The number of thioether (sulfide) groups is 1. The molecule has 0 spiro atoms. The SMILES string of the molecule is Nc1c(C(=O)CSc2nnc3c(Cl)cc(Cl)cn23)c(=O)[nH]c(=O)n1C1CC1. The van der Waals surface area contributed by atoms with Gasteiger partial charge in [0.05, 0.1) is 15.8 Å². The average molecular weight is 427 g/mol. The van der Waals surface area contributed by atoms with E-state index in [4.69, 9.17) is 28.9 Å². The van der Waals surface area contributed by atoms with Gasteiger partial charge in [-0.2, -0.15) is 0 Å². The Labute approximate surface area is 165 Å². The number of ketones is 1. The highest BCUT2D eigenvalue weighted by Crippen LogP contribution is 2.35. The number of rotatable bonds is 5. The molecule has 140 valence electrons. The van der Waals surface area contributed by atoms with Crippen molar-refractivity contribution in [2.75, 3.05) is 11.5 Å². The number of hydrogen-bond donors (Lipinski definition) is 2. The number of nitrogens with zero attached hydrogens (tertiary/aromatic N) is 4. The number of nitrogens with one attached hydrogen (secondary N) is 1. The van der Waals surface area contributed by atoms with Crippen molar-refractivity contribution in [3.63, 3.8) is 0 Å². The van der Waals surface area contributed by atoms with E-state index in [0.717, 1.165) is 24.6 Å². The number of halogens is 2. The van der Waals surface area contributed by atoms with Crippen molar-refractivity contribution in [2.45, 2.75) is 24.0 Å². The van der Waals surface area contributed by atoms with E-state index in [1.807, 2.05) is 0 Å². The third kappa shape index (κ3) is 3.24. The molecular weight excluding hydrogens is 415 g/mol. The Morgan fingerprint density at radius 2 is 2.07 bits per heavy atom. The van der Waals surface area contributed by atoms with E-state index in [2.05, 4.69) is 15.2 Å². The highest BCUT2D eigenvalue weighted by Gasteiger charge is 2.30. The average Bonchev–Trinajstić information content (AvgIpc) is 3.32. The number of aromatic nitrogens is 5. The number of carbonyl (C=O) groups is 1. The van der Waals surface area contributed by atoms with Gasteiger partial charge in [-0.1, -0.05) is 35.0 Å². The lowest BCUT2D eigenvalue weighted by molar-refractivity contribution is 0.102. The first kappa shape index (κ1) is 18.1. The molecule has 3 heterocycles. The monoisotopic (exact) mass is 426 g/mol. The van der Waals surface area contributed by atoms with Crippen LogP contribution in [0.4, 0.5) is 5.82 Å².